The monoisotopic (exact) mass is 464 g/mol. The van der Waals surface area contributed by atoms with Crippen molar-refractivity contribution in [3.8, 4) is 11.5 Å². The minimum atomic E-state index is -3.88. The van der Waals surface area contributed by atoms with Crippen molar-refractivity contribution in [2.24, 2.45) is 11.7 Å². The molecule has 1 fully saturated rings. The number of para-hydroxylation sites is 1. The highest BCUT2D eigenvalue weighted by Gasteiger charge is 2.42. The number of carbonyl (C=O) groups excluding carboxylic acids is 1. The Morgan fingerprint density at radius 3 is 2.26 bits per heavy atom. The van der Waals surface area contributed by atoms with E-state index in [0.29, 0.717) is 56.4 Å². The summed E-state index contributed by atoms with van der Waals surface area (Å²) < 4.78 is 38.5. The molecule has 2 N–H and O–H groups in total. The molecule has 2 aromatic rings. The fourth-order valence-electron chi connectivity index (χ4n) is 3.70. The van der Waals surface area contributed by atoms with E-state index in [1.165, 1.54) is 12.1 Å². The van der Waals surface area contributed by atoms with Gasteiger partial charge in [-0.2, -0.15) is 12.6 Å². The van der Waals surface area contributed by atoms with E-state index in [0.717, 1.165) is 0 Å². The zero-order valence-corrected chi connectivity index (χ0v) is 18.9. The number of sulfone groups is 1. The number of morpholine rings is 1. The van der Waals surface area contributed by atoms with Crippen LogP contribution in [0.1, 0.15) is 12.8 Å². The quantitative estimate of drug-likeness (QED) is 0.525. The third kappa shape index (κ3) is 6.00. The van der Waals surface area contributed by atoms with Gasteiger partial charge < -0.3 is 15.2 Å². The highest BCUT2D eigenvalue weighted by atomic mass is 32.2. The third-order valence-electron chi connectivity index (χ3n) is 5.24. The average Bonchev–Trinajstić information content (AvgIpc) is 2.78. The van der Waals surface area contributed by atoms with Gasteiger partial charge in [0.05, 0.1) is 24.0 Å². The van der Waals surface area contributed by atoms with Gasteiger partial charge in [-0.15, -0.1) is 0 Å². The van der Waals surface area contributed by atoms with E-state index in [9.17, 15) is 13.2 Å². The van der Waals surface area contributed by atoms with Crippen molar-refractivity contribution in [1.82, 2.24) is 4.90 Å². The maximum absolute atomic E-state index is 13.7. The zero-order chi connectivity index (χ0) is 22.3. The van der Waals surface area contributed by atoms with E-state index in [1.54, 1.807) is 17.0 Å². The van der Waals surface area contributed by atoms with Crippen LogP contribution in [0, 0.1) is 5.92 Å². The van der Waals surface area contributed by atoms with E-state index >= 15 is 0 Å². The van der Waals surface area contributed by atoms with Gasteiger partial charge in [-0.3, -0.25) is 9.69 Å². The van der Waals surface area contributed by atoms with E-state index in [-0.39, 0.29) is 4.90 Å². The lowest BCUT2D eigenvalue weighted by molar-refractivity contribution is -0.123. The molecule has 31 heavy (non-hydrogen) atoms. The summed E-state index contributed by atoms with van der Waals surface area (Å²) in [5.41, 5.74) is 5.66. The van der Waals surface area contributed by atoms with Crippen LogP contribution in [-0.2, 0) is 19.4 Å². The third-order valence-corrected chi connectivity index (χ3v) is 7.75. The first-order chi connectivity index (χ1) is 14.9. The summed E-state index contributed by atoms with van der Waals surface area (Å²) in [5, 5.41) is -1.05. The van der Waals surface area contributed by atoms with Crippen LogP contribution in [0.25, 0.3) is 0 Å². The van der Waals surface area contributed by atoms with Crippen molar-refractivity contribution in [2.75, 3.05) is 32.1 Å². The molecule has 2 unspecified atom stereocenters. The molecule has 1 aliphatic heterocycles. The van der Waals surface area contributed by atoms with E-state index in [1.807, 2.05) is 30.3 Å². The molecule has 0 spiro atoms. The number of amides is 1. The van der Waals surface area contributed by atoms with Crippen molar-refractivity contribution in [3.63, 3.8) is 0 Å². The molecule has 0 aromatic heterocycles. The van der Waals surface area contributed by atoms with Gasteiger partial charge in [0.2, 0.25) is 5.91 Å². The van der Waals surface area contributed by atoms with Gasteiger partial charge in [0.25, 0.3) is 0 Å². The smallest absolute Gasteiger partial charge is 0.223 e. The molecule has 1 amide bonds. The Kier molecular flexibility index (Phi) is 8.36. The van der Waals surface area contributed by atoms with E-state index in [2.05, 4.69) is 12.6 Å². The summed E-state index contributed by atoms with van der Waals surface area (Å²) in [7, 11) is -3.88. The number of nitrogens with zero attached hydrogens (tertiary/aromatic N) is 1. The predicted molar refractivity (Wildman–Crippen MR) is 122 cm³/mol. The van der Waals surface area contributed by atoms with Gasteiger partial charge in [-0.05, 0) is 55.0 Å². The zero-order valence-electron chi connectivity index (χ0n) is 17.2. The summed E-state index contributed by atoms with van der Waals surface area (Å²) in [6, 6.07) is 15.5. The van der Waals surface area contributed by atoms with E-state index in [4.69, 9.17) is 15.2 Å². The molecule has 7 nitrogen and oxygen atoms in total. The van der Waals surface area contributed by atoms with Gasteiger partial charge in [-0.1, -0.05) is 18.2 Å². The average molecular weight is 465 g/mol. The predicted octanol–water partition coefficient (Wildman–Crippen LogP) is 2.72. The minimum absolute atomic E-state index is 0.126. The number of ether oxygens (including phenoxy) is 2. The Morgan fingerprint density at radius 1 is 1.06 bits per heavy atom. The molecule has 2 atom stereocenters. The fourth-order valence-corrected chi connectivity index (χ4v) is 5.98. The standard InChI is InChI=1S/C22H28N2O5S2/c23-21(25)20(7-4-16-30)22(24-12-14-28-15-13-24)31(26,27)19-10-8-18(9-11-19)29-17-5-2-1-3-6-17/h1-3,5-6,8-11,20,22,30H,4,7,12-16H2,(H2,23,25). The Balaban J connectivity index is 1.90. The second kappa shape index (κ2) is 11.0. The molecule has 0 saturated carbocycles. The van der Waals surface area contributed by atoms with Crippen LogP contribution in [-0.4, -0.2) is 56.7 Å². The number of benzene rings is 2. The number of primary amides is 1. The van der Waals surface area contributed by atoms with Crippen LogP contribution < -0.4 is 10.5 Å². The van der Waals surface area contributed by atoms with Crippen LogP contribution in [0.3, 0.4) is 0 Å². The number of hydrogen-bond acceptors (Lipinski definition) is 7. The normalized spacial score (nSPS) is 17.1. The molecule has 0 bridgehead atoms. The van der Waals surface area contributed by atoms with Gasteiger partial charge >= 0.3 is 0 Å². The molecule has 168 valence electrons. The summed E-state index contributed by atoms with van der Waals surface area (Å²) in [6.45, 7) is 1.66. The fraction of sp³-hybridized carbons (Fsp3) is 0.409. The van der Waals surface area contributed by atoms with E-state index < -0.39 is 27.0 Å². The van der Waals surface area contributed by atoms with Gasteiger partial charge in [0.1, 0.15) is 16.9 Å². The van der Waals surface area contributed by atoms with Gasteiger partial charge in [-0.25, -0.2) is 8.42 Å². The molecular formula is C22H28N2O5S2. The number of hydrogen-bond donors (Lipinski definition) is 2. The lowest BCUT2D eigenvalue weighted by atomic mass is 10.0. The number of thiol groups is 1. The largest absolute Gasteiger partial charge is 0.457 e. The molecule has 1 saturated heterocycles. The van der Waals surface area contributed by atoms with Crippen molar-refractivity contribution in [1.29, 1.82) is 0 Å². The molecule has 2 aromatic carbocycles. The Morgan fingerprint density at radius 2 is 1.68 bits per heavy atom. The first kappa shape index (κ1) is 23.6. The lowest BCUT2D eigenvalue weighted by Gasteiger charge is -2.37. The van der Waals surface area contributed by atoms with Gasteiger partial charge in [0.15, 0.2) is 9.84 Å². The van der Waals surface area contributed by atoms with Crippen LogP contribution in [0.5, 0.6) is 11.5 Å². The Hall–Kier alpha value is -2.07. The number of carbonyl (C=O) groups is 1. The van der Waals surface area contributed by atoms with Gasteiger partial charge in [0, 0.05) is 13.1 Å². The molecule has 9 heteroatoms. The molecule has 3 rings (SSSR count). The highest BCUT2D eigenvalue weighted by Crippen LogP contribution is 2.30. The van der Waals surface area contributed by atoms with Crippen LogP contribution in [0.15, 0.2) is 59.5 Å². The first-order valence-electron chi connectivity index (χ1n) is 10.2. The number of rotatable bonds is 10. The lowest BCUT2D eigenvalue weighted by Crippen LogP contribution is -2.53. The summed E-state index contributed by atoms with van der Waals surface area (Å²) in [4.78, 5) is 14.2. The van der Waals surface area contributed by atoms with Crippen LogP contribution in [0.4, 0.5) is 0 Å². The van der Waals surface area contributed by atoms with Crippen molar-refractivity contribution in [2.45, 2.75) is 23.1 Å². The highest BCUT2D eigenvalue weighted by molar-refractivity contribution is 7.92. The van der Waals surface area contributed by atoms with Crippen LogP contribution >= 0.6 is 12.6 Å². The Bertz CT molecular complexity index is 946. The van der Waals surface area contributed by atoms with Crippen molar-refractivity contribution >= 4 is 28.4 Å². The second-order valence-electron chi connectivity index (χ2n) is 7.35. The summed E-state index contributed by atoms with van der Waals surface area (Å²) >= 11 is 4.20. The minimum Gasteiger partial charge on any atom is -0.457 e. The molecule has 1 heterocycles. The van der Waals surface area contributed by atoms with Crippen molar-refractivity contribution in [3.05, 3.63) is 54.6 Å². The topological polar surface area (TPSA) is 98.9 Å². The molecule has 0 radical (unpaired) electrons. The maximum Gasteiger partial charge on any atom is 0.223 e. The summed E-state index contributed by atoms with van der Waals surface area (Å²) in [5.74, 6) is 0.270. The summed E-state index contributed by atoms with van der Waals surface area (Å²) in [6.07, 6.45) is 0.951. The SMILES string of the molecule is NC(=O)C(CCCS)C(N1CCOCC1)S(=O)(=O)c1ccc(Oc2ccccc2)cc1. The van der Waals surface area contributed by atoms with Crippen LogP contribution in [0.2, 0.25) is 0 Å². The number of nitrogens with two attached hydrogens (primary N) is 1. The molecular weight excluding hydrogens is 436 g/mol. The Labute approximate surface area is 188 Å². The second-order valence-corrected chi connectivity index (χ2v) is 9.84. The van der Waals surface area contributed by atoms with Crippen molar-refractivity contribution < 1.29 is 22.7 Å². The maximum atomic E-state index is 13.7. The molecule has 0 aliphatic carbocycles. The molecule has 1 aliphatic rings. The first-order valence-corrected chi connectivity index (χ1v) is 12.4.